The van der Waals surface area contributed by atoms with Gasteiger partial charge in [0.05, 0.1) is 23.3 Å². The molecule has 2 amide bonds. The van der Waals surface area contributed by atoms with Crippen LogP contribution in [0.2, 0.25) is 5.02 Å². The van der Waals surface area contributed by atoms with Gasteiger partial charge in [-0.2, -0.15) is 0 Å². The molecule has 9 nitrogen and oxygen atoms in total. The van der Waals surface area contributed by atoms with Crippen LogP contribution in [0, 0.1) is 5.82 Å². The molecule has 0 saturated carbocycles. The molecule has 2 aliphatic rings. The molecule has 1 atom stereocenters. The number of methoxy groups -OCH3 is 1. The monoisotopic (exact) mass is 542 g/mol. The Morgan fingerprint density at radius 3 is 2.84 bits per heavy atom. The summed E-state index contributed by atoms with van der Waals surface area (Å²) in [6, 6.07) is 8.82. The van der Waals surface area contributed by atoms with Crippen molar-refractivity contribution in [3.05, 3.63) is 53.7 Å². The number of rotatable bonds is 8. The molecule has 11 heteroatoms. The molecular formula is C27H32ClFN6O3. The molecular weight excluding hydrogens is 511 g/mol. The lowest BCUT2D eigenvalue weighted by Crippen LogP contribution is -2.47. The molecule has 202 valence electrons. The third kappa shape index (κ3) is 6.19. The fourth-order valence-corrected chi connectivity index (χ4v) is 5.19. The first-order chi connectivity index (χ1) is 18.5. The molecule has 3 heterocycles. The van der Waals surface area contributed by atoms with Gasteiger partial charge in [0.15, 0.2) is 17.3 Å². The highest BCUT2D eigenvalue weighted by Crippen LogP contribution is 2.33. The van der Waals surface area contributed by atoms with Crippen molar-refractivity contribution < 1.29 is 18.7 Å². The Hall–Kier alpha value is -3.37. The summed E-state index contributed by atoms with van der Waals surface area (Å²) in [6.07, 6.45) is 5.63. The number of fused-ring (bicyclic) bond motifs is 1. The zero-order valence-corrected chi connectivity index (χ0v) is 22.1. The number of likely N-dealkylation sites (tertiary alicyclic amines) is 2. The Morgan fingerprint density at radius 1 is 1.18 bits per heavy atom. The molecule has 5 rings (SSSR count). The number of aromatic nitrogens is 2. The highest BCUT2D eigenvalue weighted by Gasteiger charge is 2.26. The molecule has 38 heavy (non-hydrogen) atoms. The van der Waals surface area contributed by atoms with Crippen LogP contribution >= 0.6 is 11.6 Å². The van der Waals surface area contributed by atoms with Crippen molar-refractivity contribution in [2.24, 2.45) is 0 Å². The van der Waals surface area contributed by atoms with Crippen LogP contribution in [0.15, 0.2) is 42.9 Å². The Kier molecular flexibility index (Phi) is 8.29. The Morgan fingerprint density at radius 2 is 2.03 bits per heavy atom. The fraction of sp³-hybridized carbons (Fsp3) is 0.444. The molecule has 1 unspecified atom stereocenters. The number of ether oxygens (including phenoxy) is 2. The number of nitrogens with one attached hydrogen (secondary N) is 2. The van der Waals surface area contributed by atoms with Crippen molar-refractivity contribution in [3.63, 3.8) is 0 Å². The topological polar surface area (TPSA) is 91.9 Å². The maximum absolute atomic E-state index is 14.2. The van der Waals surface area contributed by atoms with Gasteiger partial charge in [-0.05, 0) is 24.6 Å². The van der Waals surface area contributed by atoms with Gasteiger partial charge in [0.2, 0.25) is 0 Å². The lowest BCUT2D eigenvalue weighted by atomic mass is 10.1. The van der Waals surface area contributed by atoms with E-state index in [4.69, 9.17) is 21.1 Å². The average Bonchev–Trinajstić information content (AvgIpc) is 3.38. The average molecular weight is 543 g/mol. The minimum absolute atomic E-state index is 0.00611. The molecule has 2 aromatic carbocycles. The van der Waals surface area contributed by atoms with Crippen molar-refractivity contribution in [3.8, 4) is 11.5 Å². The number of nitrogens with zero attached hydrogens (tertiary/aromatic N) is 4. The van der Waals surface area contributed by atoms with Gasteiger partial charge in [-0.15, -0.1) is 0 Å². The molecule has 0 spiro atoms. The molecule has 2 fully saturated rings. The number of anilines is 1. The zero-order chi connectivity index (χ0) is 26.5. The van der Waals surface area contributed by atoms with Gasteiger partial charge >= 0.3 is 6.03 Å². The molecule has 0 bridgehead atoms. The normalized spacial score (nSPS) is 18.5. The van der Waals surface area contributed by atoms with E-state index in [1.807, 2.05) is 17.0 Å². The largest absolute Gasteiger partial charge is 0.493 e. The summed E-state index contributed by atoms with van der Waals surface area (Å²) >= 11 is 5.88. The minimum Gasteiger partial charge on any atom is -0.493 e. The van der Waals surface area contributed by atoms with Crippen molar-refractivity contribution >= 4 is 34.2 Å². The van der Waals surface area contributed by atoms with Gasteiger partial charge in [0, 0.05) is 75.8 Å². The predicted octanol–water partition coefficient (Wildman–Crippen LogP) is 4.17. The number of halogens is 2. The van der Waals surface area contributed by atoms with Crippen LogP contribution in [0.4, 0.5) is 14.9 Å². The second kappa shape index (κ2) is 12.0. The van der Waals surface area contributed by atoms with Crippen molar-refractivity contribution in [2.75, 3.05) is 51.7 Å². The van der Waals surface area contributed by atoms with Crippen LogP contribution in [0.1, 0.15) is 19.3 Å². The third-order valence-corrected chi connectivity index (χ3v) is 7.39. The Bertz CT molecular complexity index is 1270. The molecule has 0 radical (unpaired) electrons. The SMILES string of the molecule is COc1cc2ncncc2cc1OC1CCN(C(=O)NCCN2CCC(Nc3cccc(Cl)c3F)C2)CC1. The van der Waals surface area contributed by atoms with E-state index in [0.29, 0.717) is 36.8 Å². The summed E-state index contributed by atoms with van der Waals surface area (Å²) in [5.74, 6) is 0.877. The molecule has 0 aliphatic carbocycles. The summed E-state index contributed by atoms with van der Waals surface area (Å²) in [6.45, 7) is 4.22. The minimum atomic E-state index is -0.417. The molecule has 2 N–H and O–H groups in total. The number of benzene rings is 2. The van der Waals surface area contributed by atoms with Gasteiger partial charge in [0.25, 0.3) is 0 Å². The summed E-state index contributed by atoms with van der Waals surface area (Å²) in [4.78, 5) is 25.2. The quantitative estimate of drug-likeness (QED) is 0.441. The maximum Gasteiger partial charge on any atom is 0.317 e. The van der Waals surface area contributed by atoms with Crippen molar-refractivity contribution in [1.29, 1.82) is 0 Å². The van der Waals surface area contributed by atoms with E-state index in [1.165, 1.54) is 6.33 Å². The van der Waals surface area contributed by atoms with Crippen LogP contribution < -0.4 is 20.1 Å². The van der Waals surface area contributed by atoms with Gasteiger partial charge in [-0.25, -0.2) is 19.2 Å². The first-order valence-electron chi connectivity index (χ1n) is 12.9. The van der Waals surface area contributed by atoms with Crippen LogP contribution in [0.3, 0.4) is 0 Å². The van der Waals surface area contributed by atoms with E-state index in [-0.39, 0.29) is 23.2 Å². The standard InChI is InChI=1S/C27H32ClFN6O3/c1-37-24-14-23-18(15-30-17-32-23)13-25(24)38-20-6-10-35(11-7-20)27(36)31-8-12-34-9-5-19(16-34)33-22-4-2-3-21(28)26(22)29/h2-4,13-15,17,19-20,33H,5-12,16H2,1H3,(H,31,36). The lowest BCUT2D eigenvalue weighted by Gasteiger charge is -2.32. The first-order valence-corrected chi connectivity index (χ1v) is 13.3. The smallest absolute Gasteiger partial charge is 0.317 e. The van der Waals surface area contributed by atoms with Crippen LogP contribution in [-0.4, -0.2) is 84.3 Å². The number of carbonyl (C=O) groups is 1. The fourth-order valence-electron chi connectivity index (χ4n) is 5.02. The lowest BCUT2D eigenvalue weighted by molar-refractivity contribution is 0.108. The molecule has 2 saturated heterocycles. The zero-order valence-electron chi connectivity index (χ0n) is 21.3. The summed E-state index contributed by atoms with van der Waals surface area (Å²) < 4.78 is 25.9. The molecule has 2 aliphatic heterocycles. The predicted molar refractivity (Wildman–Crippen MR) is 145 cm³/mol. The summed E-state index contributed by atoms with van der Waals surface area (Å²) in [5.41, 5.74) is 1.23. The number of piperidine rings is 1. The van der Waals surface area contributed by atoms with Crippen molar-refractivity contribution in [2.45, 2.75) is 31.4 Å². The maximum atomic E-state index is 14.2. The number of hydrogen-bond acceptors (Lipinski definition) is 7. The van der Waals surface area contributed by atoms with Gasteiger partial charge < -0.3 is 25.0 Å². The van der Waals surface area contributed by atoms with Crippen LogP contribution in [0.5, 0.6) is 11.5 Å². The van der Waals surface area contributed by atoms with E-state index in [2.05, 4.69) is 25.5 Å². The van der Waals surface area contributed by atoms with E-state index in [1.54, 1.807) is 31.5 Å². The van der Waals surface area contributed by atoms with Gasteiger partial charge in [0.1, 0.15) is 12.4 Å². The second-order valence-corrected chi connectivity index (χ2v) is 10.1. The molecule has 1 aromatic heterocycles. The number of carbonyl (C=O) groups excluding carboxylic acids is 1. The van der Waals surface area contributed by atoms with E-state index >= 15 is 0 Å². The number of amides is 2. The number of hydrogen-bond donors (Lipinski definition) is 2. The van der Waals surface area contributed by atoms with E-state index < -0.39 is 5.82 Å². The van der Waals surface area contributed by atoms with Crippen LogP contribution in [-0.2, 0) is 0 Å². The van der Waals surface area contributed by atoms with Gasteiger partial charge in [-0.3, -0.25) is 4.90 Å². The summed E-state index contributed by atoms with van der Waals surface area (Å²) in [5, 5.41) is 7.28. The van der Waals surface area contributed by atoms with E-state index in [0.717, 1.165) is 49.8 Å². The first kappa shape index (κ1) is 26.2. The Balaban J connectivity index is 1.03. The van der Waals surface area contributed by atoms with Crippen LogP contribution in [0.25, 0.3) is 10.9 Å². The highest BCUT2D eigenvalue weighted by atomic mass is 35.5. The van der Waals surface area contributed by atoms with Gasteiger partial charge in [-0.1, -0.05) is 17.7 Å². The molecule has 3 aromatic rings. The van der Waals surface area contributed by atoms with E-state index in [9.17, 15) is 9.18 Å². The Labute approximate surface area is 226 Å². The third-order valence-electron chi connectivity index (χ3n) is 7.10. The summed E-state index contributed by atoms with van der Waals surface area (Å²) in [7, 11) is 1.61. The highest BCUT2D eigenvalue weighted by molar-refractivity contribution is 6.31. The second-order valence-electron chi connectivity index (χ2n) is 9.65. The van der Waals surface area contributed by atoms with Crippen molar-refractivity contribution in [1.82, 2.24) is 25.1 Å². The number of urea groups is 1.